The highest BCUT2D eigenvalue weighted by Crippen LogP contribution is 2.33. The molecular formula is C22H19N5O7S2. The molecule has 2 aliphatic rings. The molecule has 2 aliphatic heterocycles. The average molecular weight is 530 g/mol. The predicted molar refractivity (Wildman–Crippen MR) is 135 cm³/mol. The van der Waals surface area contributed by atoms with Crippen LogP contribution >= 0.6 is 11.9 Å². The molecule has 0 unspecified atom stereocenters. The van der Waals surface area contributed by atoms with Gasteiger partial charge in [0.05, 0.1) is 40.9 Å². The fraction of sp³-hybridized carbons (Fsp3) is 0.182. The molecule has 0 atom stereocenters. The average Bonchev–Trinajstić information content (AvgIpc) is 3.30. The number of nitro benzene ring substituents is 1. The summed E-state index contributed by atoms with van der Waals surface area (Å²) in [5, 5.41) is 19.4. The van der Waals surface area contributed by atoms with Gasteiger partial charge in [-0.25, -0.2) is 13.3 Å². The Kier molecular flexibility index (Phi) is 6.90. The highest BCUT2D eigenvalue weighted by Gasteiger charge is 2.42. The molecule has 0 radical (unpaired) electrons. The molecule has 12 nitrogen and oxygen atoms in total. The number of fused-ring (bicyclic) bond motifs is 1. The van der Waals surface area contributed by atoms with Crippen LogP contribution in [0.5, 0.6) is 11.5 Å². The number of benzene rings is 2. The Bertz CT molecular complexity index is 1480. The topological polar surface area (TPSA) is 165 Å². The number of nitrogens with one attached hydrogen (secondary N) is 1. The molecule has 186 valence electrons. The molecule has 2 aromatic carbocycles. The second-order valence-electron chi connectivity index (χ2n) is 7.39. The van der Waals surface area contributed by atoms with Gasteiger partial charge >= 0.3 is 0 Å². The van der Waals surface area contributed by atoms with E-state index in [-0.39, 0.29) is 45.5 Å². The summed E-state index contributed by atoms with van der Waals surface area (Å²) >= 11 is 0.724. The summed E-state index contributed by atoms with van der Waals surface area (Å²) in [6, 6.07) is 10.9. The van der Waals surface area contributed by atoms with E-state index in [4.69, 9.17) is 14.9 Å². The third-order valence-corrected chi connectivity index (χ3v) is 7.63. The maximum absolute atomic E-state index is 12.6. The van der Waals surface area contributed by atoms with E-state index in [1.165, 1.54) is 26.2 Å². The zero-order chi connectivity index (χ0) is 26.0. The highest BCUT2D eigenvalue weighted by molar-refractivity contribution is 8.16. The van der Waals surface area contributed by atoms with Crippen molar-refractivity contribution in [3.8, 4) is 11.5 Å². The van der Waals surface area contributed by atoms with Gasteiger partial charge in [0, 0.05) is 6.07 Å². The van der Waals surface area contributed by atoms with E-state index in [1.54, 1.807) is 36.4 Å². The maximum atomic E-state index is 12.6. The van der Waals surface area contributed by atoms with Crippen LogP contribution in [0.2, 0.25) is 0 Å². The van der Waals surface area contributed by atoms with Crippen LogP contribution in [0.15, 0.2) is 57.4 Å². The Labute approximate surface area is 210 Å². The van der Waals surface area contributed by atoms with Crippen LogP contribution in [0.1, 0.15) is 18.1 Å². The summed E-state index contributed by atoms with van der Waals surface area (Å²) in [6.07, 6.45) is 1.39. The molecule has 0 spiro atoms. The molecule has 0 saturated carbocycles. The number of amides is 1. The smallest absolute Gasteiger partial charge is 0.283 e. The van der Waals surface area contributed by atoms with Gasteiger partial charge in [-0.05, 0) is 29.8 Å². The number of carbonyl (C=O) groups excluding carboxylic acids is 1. The van der Waals surface area contributed by atoms with E-state index < -0.39 is 20.7 Å². The normalized spacial score (nSPS) is 16.5. The van der Waals surface area contributed by atoms with Crippen LogP contribution < -0.4 is 9.47 Å². The van der Waals surface area contributed by atoms with Crippen molar-refractivity contribution in [2.45, 2.75) is 13.5 Å². The quantitative estimate of drug-likeness (QED) is 0.245. The molecule has 1 amide bonds. The number of aliphatic imine (C=N–C) groups is 1. The zero-order valence-electron chi connectivity index (χ0n) is 19.0. The zero-order valence-corrected chi connectivity index (χ0v) is 20.6. The second-order valence-corrected chi connectivity index (χ2v) is 10.3. The number of nitro groups is 1. The number of carbonyl (C=O) groups is 1. The van der Waals surface area contributed by atoms with Crippen LogP contribution in [-0.2, 0) is 21.2 Å². The maximum Gasteiger partial charge on any atom is 0.283 e. The van der Waals surface area contributed by atoms with Gasteiger partial charge in [-0.2, -0.15) is 9.39 Å². The van der Waals surface area contributed by atoms with Crippen molar-refractivity contribution in [2.24, 2.45) is 9.39 Å². The van der Waals surface area contributed by atoms with Crippen LogP contribution in [0.4, 0.5) is 5.69 Å². The number of hydrogen-bond donors (Lipinski definition) is 1. The second kappa shape index (κ2) is 9.91. The molecule has 2 aromatic rings. The first kappa shape index (κ1) is 25.1. The Hall–Kier alpha value is -4.04. The Morgan fingerprint density at radius 3 is 2.67 bits per heavy atom. The summed E-state index contributed by atoms with van der Waals surface area (Å²) in [5.74, 6) is -0.695. The van der Waals surface area contributed by atoms with Crippen molar-refractivity contribution < 1.29 is 27.6 Å². The number of ether oxygens (including phenoxy) is 2. The monoisotopic (exact) mass is 529 g/mol. The molecular weight excluding hydrogens is 510 g/mol. The summed E-state index contributed by atoms with van der Waals surface area (Å²) in [4.78, 5) is 28.3. The number of para-hydroxylation sites is 1. The molecule has 0 fully saturated rings. The lowest BCUT2D eigenvalue weighted by Crippen LogP contribution is -2.45. The first-order valence-corrected chi connectivity index (χ1v) is 12.8. The fourth-order valence-corrected chi connectivity index (χ4v) is 5.32. The van der Waals surface area contributed by atoms with Gasteiger partial charge in [-0.1, -0.05) is 25.1 Å². The summed E-state index contributed by atoms with van der Waals surface area (Å²) in [6.45, 7) is 1.38. The number of rotatable bonds is 7. The Morgan fingerprint density at radius 1 is 1.22 bits per heavy atom. The highest BCUT2D eigenvalue weighted by atomic mass is 32.2. The molecule has 0 aromatic heterocycles. The van der Waals surface area contributed by atoms with Crippen LogP contribution in [0.3, 0.4) is 0 Å². The first-order valence-electron chi connectivity index (χ1n) is 10.4. The first-order chi connectivity index (χ1) is 17.2. The number of hydrogen-bond acceptors (Lipinski definition) is 10. The van der Waals surface area contributed by atoms with Gasteiger partial charge in [0.1, 0.15) is 12.4 Å². The van der Waals surface area contributed by atoms with E-state index in [0.717, 1.165) is 16.8 Å². The molecule has 2 heterocycles. The van der Waals surface area contributed by atoms with E-state index in [1.807, 2.05) is 0 Å². The van der Waals surface area contributed by atoms with Gasteiger partial charge in [0.2, 0.25) is 20.2 Å². The lowest BCUT2D eigenvalue weighted by atomic mass is 10.1. The van der Waals surface area contributed by atoms with E-state index in [2.05, 4.69) is 9.39 Å². The molecule has 0 bridgehead atoms. The Balaban J connectivity index is 1.61. The summed E-state index contributed by atoms with van der Waals surface area (Å²) in [5.41, 5.74) is 0.644. The summed E-state index contributed by atoms with van der Waals surface area (Å²) in [7, 11) is -2.34. The lowest BCUT2D eigenvalue weighted by Gasteiger charge is -2.24. The minimum absolute atomic E-state index is 0.00510. The molecule has 36 heavy (non-hydrogen) atoms. The van der Waals surface area contributed by atoms with Gasteiger partial charge < -0.3 is 9.47 Å². The van der Waals surface area contributed by atoms with Gasteiger partial charge in [-0.3, -0.25) is 20.3 Å². The lowest BCUT2D eigenvalue weighted by molar-refractivity contribution is -0.385. The van der Waals surface area contributed by atoms with Crippen molar-refractivity contribution in [3.05, 3.63) is 69.3 Å². The van der Waals surface area contributed by atoms with Crippen molar-refractivity contribution in [1.82, 2.24) is 4.90 Å². The van der Waals surface area contributed by atoms with Crippen LogP contribution in [-0.4, -0.2) is 53.2 Å². The van der Waals surface area contributed by atoms with E-state index >= 15 is 0 Å². The minimum Gasteiger partial charge on any atom is -0.493 e. The molecule has 14 heteroatoms. The van der Waals surface area contributed by atoms with Gasteiger partial charge in [0.25, 0.3) is 11.6 Å². The third-order valence-electron chi connectivity index (χ3n) is 5.22. The van der Waals surface area contributed by atoms with E-state index in [9.17, 15) is 23.3 Å². The fourth-order valence-electron chi connectivity index (χ4n) is 3.36. The van der Waals surface area contributed by atoms with E-state index in [0.29, 0.717) is 16.9 Å². The van der Waals surface area contributed by atoms with Crippen molar-refractivity contribution in [3.63, 3.8) is 0 Å². The van der Waals surface area contributed by atoms with Gasteiger partial charge in [-0.15, -0.1) is 0 Å². The van der Waals surface area contributed by atoms with Crippen LogP contribution in [0.25, 0.3) is 6.08 Å². The van der Waals surface area contributed by atoms with Crippen LogP contribution in [0, 0.1) is 15.5 Å². The predicted octanol–water partition coefficient (Wildman–Crippen LogP) is 3.19. The molecule has 1 N–H and O–H groups in total. The number of nitrogens with zero attached hydrogens (tertiary/aromatic N) is 4. The largest absolute Gasteiger partial charge is 0.493 e. The number of methoxy groups -OCH3 is 1. The standard InChI is InChI=1S/C22H19N5O7S2/c1-3-36(31,32)22-25-35-21-24-20(28)15(19(23)26(21)22)10-13-8-9-17(18(11-13)33-2)34-12-14-6-4-5-7-16(14)27(29)30/h4-11,23H,3,12H2,1-2H3. The number of sulfone groups is 1. The van der Waals surface area contributed by atoms with Crippen molar-refractivity contribution >= 4 is 55.6 Å². The Morgan fingerprint density at radius 2 is 1.97 bits per heavy atom. The SMILES string of the molecule is CCS(=O)(=O)C1=NSC2=NC(=O)C(=Cc3ccc(OCc4ccccc4[N+](=O)[O-])c(OC)c3)C(=N)N21. The number of amidine groups is 3. The molecule has 4 rings (SSSR count). The van der Waals surface area contributed by atoms with Crippen molar-refractivity contribution in [1.29, 1.82) is 5.41 Å². The third kappa shape index (κ3) is 4.72. The minimum atomic E-state index is -3.75. The summed E-state index contributed by atoms with van der Waals surface area (Å²) < 4.78 is 39.8. The molecule has 0 saturated heterocycles. The molecule has 0 aliphatic carbocycles. The van der Waals surface area contributed by atoms with Gasteiger partial charge in [0.15, 0.2) is 11.5 Å². The van der Waals surface area contributed by atoms with Crippen molar-refractivity contribution in [2.75, 3.05) is 12.9 Å².